The number of hydrogen-bond donors (Lipinski definition) is 3. The van der Waals surface area contributed by atoms with Gasteiger partial charge in [0.25, 0.3) is 0 Å². The van der Waals surface area contributed by atoms with E-state index >= 15 is 0 Å². The number of halogens is 2. The molecule has 3 rings (SSSR count). The average molecular weight is 428 g/mol. The van der Waals surface area contributed by atoms with E-state index in [0.29, 0.717) is 28.7 Å². The average Bonchev–Trinajstić information content (AvgIpc) is 2.71. The molecule has 3 aromatic carbocycles. The van der Waals surface area contributed by atoms with Gasteiger partial charge in [-0.2, -0.15) is 0 Å². The molecule has 0 saturated carbocycles. The van der Waals surface area contributed by atoms with Crippen LogP contribution < -0.4 is 16.4 Å². The standard InChI is InChI=1S/C23H23Cl2N3O/c24-19-10-6-11-20(25)23(19)28-21-12-5-4-9-17(21)14-22(29)27-15-18(26)13-16-7-2-1-3-8-16/h1-12,18,28H,13-15,26H2,(H,27,29)/t18-/m1/s1. The van der Waals surface area contributed by atoms with Gasteiger partial charge in [0.1, 0.15) is 0 Å². The predicted molar refractivity (Wildman–Crippen MR) is 121 cm³/mol. The Balaban J connectivity index is 1.59. The quantitative estimate of drug-likeness (QED) is 0.475. The summed E-state index contributed by atoms with van der Waals surface area (Å²) in [5, 5.41) is 7.20. The first-order valence-electron chi connectivity index (χ1n) is 9.38. The number of amides is 1. The van der Waals surface area contributed by atoms with Gasteiger partial charge in [-0.25, -0.2) is 0 Å². The molecule has 0 aromatic heterocycles. The largest absolute Gasteiger partial charge is 0.354 e. The Morgan fingerprint density at radius 1 is 0.897 bits per heavy atom. The van der Waals surface area contributed by atoms with Crippen molar-refractivity contribution in [3.63, 3.8) is 0 Å². The highest BCUT2D eigenvalue weighted by atomic mass is 35.5. The van der Waals surface area contributed by atoms with E-state index in [9.17, 15) is 4.79 Å². The number of nitrogens with one attached hydrogen (secondary N) is 2. The molecule has 6 heteroatoms. The lowest BCUT2D eigenvalue weighted by molar-refractivity contribution is -0.120. The third-order valence-electron chi connectivity index (χ3n) is 4.49. The van der Waals surface area contributed by atoms with E-state index in [1.807, 2.05) is 54.6 Å². The van der Waals surface area contributed by atoms with E-state index in [2.05, 4.69) is 10.6 Å². The summed E-state index contributed by atoms with van der Waals surface area (Å²) in [5.41, 5.74) is 9.56. The summed E-state index contributed by atoms with van der Waals surface area (Å²) in [4.78, 5) is 12.5. The molecule has 4 N–H and O–H groups in total. The second kappa shape index (κ2) is 10.3. The van der Waals surface area contributed by atoms with Crippen LogP contribution in [0.2, 0.25) is 10.0 Å². The summed E-state index contributed by atoms with van der Waals surface area (Å²) >= 11 is 12.5. The molecule has 0 saturated heterocycles. The molecule has 0 spiro atoms. The highest BCUT2D eigenvalue weighted by Crippen LogP contribution is 2.33. The molecule has 29 heavy (non-hydrogen) atoms. The molecule has 0 heterocycles. The normalized spacial score (nSPS) is 11.7. The fourth-order valence-electron chi connectivity index (χ4n) is 3.02. The molecule has 0 aliphatic heterocycles. The number of benzene rings is 3. The summed E-state index contributed by atoms with van der Waals surface area (Å²) in [5.74, 6) is -0.0898. The van der Waals surface area contributed by atoms with Crippen LogP contribution in [0, 0.1) is 0 Å². The van der Waals surface area contributed by atoms with Crippen molar-refractivity contribution in [3.05, 3.63) is 94.0 Å². The number of anilines is 2. The molecule has 0 fully saturated rings. The van der Waals surface area contributed by atoms with Crippen molar-refractivity contribution in [1.82, 2.24) is 5.32 Å². The Morgan fingerprint density at radius 2 is 1.55 bits per heavy atom. The van der Waals surface area contributed by atoms with Crippen LogP contribution in [0.25, 0.3) is 0 Å². The fraction of sp³-hybridized carbons (Fsp3) is 0.174. The lowest BCUT2D eigenvalue weighted by atomic mass is 10.1. The topological polar surface area (TPSA) is 67.1 Å². The molecular formula is C23H23Cl2N3O. The molecule has 0 unspecified atom stereocenters. The number of rotatable bonds is 8. The number of carbonyl (C=O) groups is 1. The molecule has 3 aromatic rings. The molecule has 150 valence electrons. The third kappa shape index (κ3) is 6.23. The summed E-state index contributed by atoms with van der Waals surface area (Å²) < 4.78 is 0. The zero-order valence-corrected chi connectivity index (χ0v) is 17.4. The van der Waals surface area contributed by atoms with E-state index < -0.39 is 0 Å². The van der Waals surface area contributed by atoms with Crippen LogP contribution in [-0.4, -0.2) is 18.5 Å². The van der Waals surface area contributed by atoms with Gasteiger partial charge in [-0.3, -0.25) is 4.79 Å². The first kappa shape index (κ1) is 21.2. The van der Waals surface area contributed by atoms with Crippen molar-refractivity contribution in [2.45, 2.75) is 18.9 Å². The van der Waals surface area contributed by atoms with E-state index in [-0.39, 0.29) is 18.4 Å². The maximum Gasteiger partial charge on any atom is 0.224 e. The maximum absolute atomic E-state index is 12.5. The number of para-hydroxylation sites is 2. The first-order valence-corrected chi connectivity index (χ1v) is 10.1. The minimum atomic E-state index is -0.142. The zero-order chi connectivity index (χ0) is 20.6. The fourth-order valence-corrected chi connectivity index (χ4v) is 3.51. The first-order chi connectivity index (χ1) is 14.0. The van der Waals surface area contributed by atoms with Crippen molar-refractivity contribution in [1.29, 1.82) is 0 Å². The molecule has 0 aliphatic carbocycles. The summed E-state index contributed by atoms with van der Waals surface area (Å²) in [6, 6.07) is 22.7. The van der Waals surface area contributed by atoms with Crippen LogP contribution in [0.5, 0.6) is 0 Å². The van der Waals surface area contributed by atoms with Crippen LogP contribution in [0.15, 0.2) is 72.8 Å². The number of nitrogens with two attached hydrogens (primary N) is 1. The van der Waals surface area contributed by atoms with E-state index in [1.165, 1.54) is 0 Å². The number of hydrogen-bond acceptors (Lipinski definition) is 3. The SMILES string of the molecule is N[C@@H](CNC(=O)Cc1ccccc1Nc1c(Cl)cccc1Cl)Cc1ccccc1. The highest BCUT2D eigenvalue weighted by Gasteiger charge is 2.12. The molecule has 4 nitrogen and oxygen atoms in total. The number of carbonyl (C=O) groups excluding carboxylic acids is 1. The van der Waals surface area contributed by atoms with Crippen molar-refractivity contribution in [2.75, 3.05) is 11.9 Å². The van der Waals surface area contributed by atoms with Crippen LogP contribution in [0.4, 0.5) is 11.4 Å². The molecule has 0 radical (unpaired) electrons. The van der Waals surface area contributed by atoms with Crippen LogP contribution >= 0.6 is 23.2 Å². The lowest BCUT2D eigenvalue weighted by Crippen LogP contribution is -2.39. The van der Waals surface area contributed by atoms with Crippen LogP contribution in [-0.2, 0) is 17.6 Å². The Morgan fingerprint density at radius 3 is 2.28 bits per heavy atom. The molecule has 0 bridgehead atoms. The van der Waals surface area contributed by atoms with E-state index in [0.717, 1.165) is 16.8 Å². The molecular weight excluding hydrogens is 405 g/mol. The van der Waals surface area contributed by atoms with Gasteiger partial charge in [0, 0.05) is 18.3 Å². The Labute approximate surface area is 181 Å². The Kier molecular flexibility index (Phi) is 7.53. The van der Waals surface area contributed by atoms with Gasteiger partial charge in [-0.1, -0.05) is 77.8 Å². The van der Waals surface area contributed by atoms with Crippen LogP contribution in [0.1, 0.15) is 11.1 Å². The van der Waals surface area contributed by atoms with Crippen LogP contribution in [0.3, 0.4) is 0 Å². The van der Waals surface area contributed by atoms with Gasteiger partial charge in [0.05, 0.1) is 22.2 Å². The minimum absolute atomic E-state index is 0.0898. The smallest absolute Gasteiger partial charge is 0.224 e. The maximum atomic E-state index is 12.5. The summed E-state index contributed by atoms with van der Waals surface area (Å²) in [7, 11) is 0. The van der Waals surface area contributed by atoms with Crippen molar-refractivity contribution in [3.8, 4) is 0 Å². The Bertz CT molecular complexity index is 943. The summed E-state index contributed by atoms with van der Waals surface area (Å²) in [6.07, 6.45) is 0.938. The van der Waals surface area contributed by atoms with Gasteiger partial charge in [-0.15, -0.1) is 0 Å². The van der Waals surface area contributed by atoms with Gasteiger partial charge in [-0.05, 0) is 35.7 Å². The van der Waals surface area contributed by atoms with Gasteiger partial charge in [0.2, 0.25) is 5.91 Å². The van der Waals surface area contributed by atoms with E-state index in [1.54, 1.807) is 18.2 Å². The van der Waals surface area contributed by atoms with Gasteiger partial charge < -0.3 is 16.4 Å². The van der Waals surface area contributed by atoms with Crippen molar-refractivity contribution >= 4 is 40.5 Å². The lowest BCUT2D eigenvalue weighted by Gasteiger charge is -2.16. The van der Waals surface area contributed by atoms with Crippen molar-refractivity contribution in [2.24, 2.45) is 5.73 Å². The summed E-state index contributed by atoms with van der Waals surface area (Å²) in [6.45, 7) is 0.416. The zero-order valence-electron chi connectivity index (χ0n) is 15.9. The molecule has 0 aliphatic rings. The Hall–Kier alpha value is -2.53. The van der Waals surface area contributed by atoms with E-state index in [4.69, 9.17) is 28.9 Å². The van der Waals surface area contributed by atoms with Gasteiger partial charge in [0.15, 0.2) is 0 Å². The second-order valence-electron chi connectivity index (χ2n) is 6.81. The molecule has 1 amide bonds. The highest BCUT2D eigenvalue weighted by molar-refractivity contribution is 6.39. The third-order valence-corrected chi connectivity index (χ3v) is 5.12. The second-order valence-corrected chi connectivity index (χ2v) is 7.62. The van der Waals surface area contributed by atoms with Gasteiger partial charge >= 0.3 is 0 Å². The molecule has 1 atom stereocenters. The predicted octanol–water partition coefficient (Wildman–Crippen LogP) is 4.97. The monoisotopic (exact) mass is 427 g/mol. The van der Waals surface area contributed by atoms with Crippen molar-refractivity contribution < 1.29 is 4.79 Å². The minimum Gasteiger partial charge on any atom is -0.354 e.